The van der Waals surface area contributed by atoms with E-state index in [0.29, 0.717) is 18.7 Å². The lowest BCUT2D eigenvalue weighted by molar-refractivity contribution is -0.137. The number of nitrogens with one attached hydrogen (secondary N) is 1. The van der Waals surface area contributed by atoms with Crippen molar-refractivity contribution in [3.8, 4) is 5.75 Å². The van der Waals surface area contributed by atoms with Crippen LogP contribution in [0.3, 0.4) is 0 Å². The Kier molecular flexibility index (Phi) is 5.31. The number of hydrogen-bond acceptors (Lipinski definition) is 3. The molecule has 0 bridgehead atoms. The van der Waals surface area contributed by atoms with E-state index in [1.54, 1.807) is 4.90 Å². The maximum Gasteiger partial charge on any atom is 0.416 e. The van der Waals surface area contributed by atoms with E-state index in [9.17, 15) is 27.9 Å². The first-order valence-electron chi connectivity index (χ1n) is 8.68. The van der Waals surface area contributed by atoms with Crippen LogP contribution in [0.25, 0.3) is 0 Å². The number of carbonyl (C=O) groups excluding carboxylic acids is 2. The zero-order valence-corrected chi connectivity index (χ0v) is 15.1. The molecule has 2 N–H and O–H groups in total. The van der Waals surface area contributed by atoms with Crippen molar-refractivity contribution in [2.24, 2.45) is 0 Å². The van der Waals surface area contributed by atoms with Crippen molar-refractivity contribution in [1.82, 2.24) is 10.2 Å². The second kappa shape index (κ2) is 7.53. The van der Waals surface area contributed by atoms with Gasteiger partial charge in [0.25, 0.3) is 5.91 Å². The van der Waals surface area contributed by atoms with Gasteiger partial charge >= 0.3 is 6.18 Å². The highest BCUT2D eigenvalue weighted by molar-refractivity contribution is 5.97. The number of phenolic OH excluding ortho intramolecular Hbond substituents is 1. The van der Waals surface area contributed by atoms with Crippen molar-refractivity contribution in [2.75, 3.05) is 6.54 Å². The summed E-state index contributed by atoms with van der Waals surface area (Å²) in [6.07, 6.45) is -4.58. The van der Waals surface area contributed by atoms with Crippen molar-refractivity contribution < 1.29 is 27.9 Å². The van der Waals surface area contributed by atoms with E-state index in [-0.39, 0.29) is 18.9 Å². The van der Waals surface area contributed by atoms with E-state index in [2.05, 4.69) is 5.32 Å². The first-order chi connectivity index (χ1) is 13.1. The number of phenols is 1. The van der Waals surface area contributed by atoms with Gasteiger partial charge in [0.1, 0.15) is 5.75 Å². The highest BCUT2D eigenvalue weighted by Crippen LogP contribution is 2.32. The maximum absolute atomic E-state index is 12.8. The normalized spacial score (nSPS) is 17.1. The Morgan fingerprint density at radius 1 is 1.25 bits per heavy atom. The van der Waals surface area contributed by atoms with Crippen molar-refractivity contribution in [1.29, 1.82) is 0 Å². The first kappa shape index (κ1) is 19.7. The number of amides is 2. The van der Waals surface area contributed by atoms with Gasteiger partial charge in [-0.3, -0.25) is 9.59 Å². The van der Waals surface area contributed by atoms with Crippen LogP contribution in [0.4, 0.5) is 13.2 Å². The standard InChI is InChI=1S/C20H19F3N2O3/c1-12-3-2-4-13(7-12)10-25-11-15(9-18(25)27)24-19(28)16-8-14(20(21,22)23)5-6-17(16)26/h2-8,15,26H,9-11H2,1H3,(H,24,28)/t15-/m0/s1. The number of hydrogen-bond donors (Lipinski definition) is 2. The fourth-order valence-electron chi connectivity index (χ4n) is 3.21. The van der Waals surface area contributed by atoms with Gasteiger partial charge in [0.2, 0.25) is 5.91 Å². The summed E-state index contributed by atoms with van der Waals surface area (Å²) in [7, 11) is 0. The molecule has 0 aliphatic carbocycles. The van der Waals surface area contributed by atoms with Crippen LogP contribution in [0.15, 0.2) is 42.5 Å². The molecular weight excluding hydrogens is 373 g/mol. The number of alkyl halides is 3. The molecule has 0 spiro atoms. The molecule has 8 heteroatoms. The predicted molar refractivity (Wildman–Crippen MR) is 95.6 cm³/mol. The van der Waals surface area contributed by atoms with Crippen LogP contribution in [0.5, 0.6) is 5.75 Å². The Hall–Kier alpha value is -3.03. The topological polar surface area (TPSA) is 69.6 Å². The SMILES string of the molecule is Cc1cccc(CN2C[C@@H](NC(=O)c3cc(C(F)(F)F)ccc3O)CC2=O)c1. The molecule has 1 heterocycles. The molecule has 28 heavy (non-hydrogen) atoms. The smallest absolute Gasteiger partial charge is 0.416 e. The number of halogens is 3. The van der Waals surface area contributed by atoms with Gasteiger partial charge in [0.15, 0.2) is 0 Å². The van der Waals surface area contributed by atoms with E-state index in [1.165, 1.54) is 0 Å². The minimum Gasteiger partial charge on any atom is -0.507 e. The van der Waals surface area contributed by atoms with Crippen LogP contribution in [0.2, 0.25) is 0 Å². The first-order valence-corrected chi connectivity index (χ1v) is 8.68. The zero-order valence-electron chi connectivity index (χ0n) is 15.1. The van der Waals surface area contributed by atoms with E-state index in [1.807, 2.05) is 31.2 Å². The summed E-state index contributed by atoms with van der Waals surface area (Å²) in [6.45, 7) is 2.58. The summed E-state index contributed by atoms with van der Waals surface area (Å²) < 4.78 is 38.5. The van der Waals surface area contributed by atoms with Crippen LogP contribution in [0, 0.1) is 6.92 Å². The summed E-state index contributed by atoms with van der Waals surface area (Å²) in [5.41, 5.74) is 0.517. The minimum absolute atomic E-state index is 0.0529. The fraction of sp³-hybridized carbons (Fsp3) is 0.300. The third-order valence-corrected chi connectivity index (χ3v) is 4.57. The third kappa shape index (κ3) is 4.44. The van der Waals surface area contributed by atoms with Crippen molar-refractivity contribution in [3.05, 3.63) is 64.7 Å². The van der Waals surface area contributed by atoms with Crippen LogP contribution < -0.4 is 5.32 Å². The summed E-state index contributed by atoms with van der Waals surface area (Å²) in [5.74, 6) is -1.55. The highest BCUT2D eigenvalue weighted by Gasteiger charge is 2.34. The number of carbonyl (C=O) groups is 2. The van der Waals surface area contributed by atoms with E-state index in [0.717, 1.165) is 17.2 Å². The Balaban J connectivity index is 1.68. The Bertz CT molecular complexity index is 912. The third-order valence-electron chi connectivity index (χ3n) is 4.57. The van der Waals surface area contributed by atoms with Gasteiger partial charge in [-0.25, -0.2) is 0 Å². The Morgan fingerprint density at radius 3 is 2.68 bits per heavy atom. The molecule has 1 atom stereocenters. The molecule has 1 aliphatic heterocycles. The molecule has 2 aromatic rings. The van der Waals surface area contributed by atoms with Gasteiger partial charge in [0.05, 0.1) is 17.2 Å². The lowest BCUT2D eigenvalue weighted by Gasteiger charge is -2.18. The van der Waals surface area contributed by atoms with Gasteiger partial charge in [-0.2, -0.15) is 13.2 Å². The van der Waals surface area contributed by atoms with Crippen molar-refractivity contribution >= 4 is 11.8 Å². The van der Waals surface area contributed by atoms with Gasteiger partial charge in [-0.15, -0.1) is 0 Å². The zero-order chi connectivity index (χ0) is 20.5. The number of rotatable bonds is 4. The van der Waals surface area contributed by atoms with Crippen LogP contribution in [-0.2, 0) is 17.5 Å². The van der Waals surface area contributed by atoms with Gasteiger partial charge in [-0.05, 0) is 30.7 Å². The second-order valence-corrected chi connectivity index (χ2v) is 6.87. The number of nitrogens with zero attached hydrogens (tertiary/aromatic N) is 1. The van der Waals surface area contributed by atoms with Gasteiger partial charge < -0.3 is 15.3 Å². The van der Waals surface area contributed by atoms with Crippen molar-refractivity contribution in [3.63, 3.8) is 0 Å². The van der Waals surface area contributed by atoms with E-state index in [4.69, 9.17) is 0 Å². The molecule has 148 valence electrons. The number of aryl methyl sites for hydroxylation is 1. The van der Waals surface area contributed by atoms with Gasteiger partial charge in [-0.1, -0.05) is 29.8 Å². The molecule has 0 unspecified atom stereocenters. The average Bonchev–Trinajstić information content (AvgIpc) is 2.93. The average molecular weight is 392 g/mol. The van der Waals surface area contributed by atoms with Crippen LogP contribution in [0.1, 0.15) is 33.5 Å². The number of likely N-dealkylation sites (tertiary alicyclic amines) is 1. The molecule has 2 amide bonds. The molecule has 5 nitrogen and oxygen atoms in total. The summed E-state index contributed by atoms with van der Waals surface area (Å²) in [6, 6.07) is 9.29. The van der Waals surface area contributed by atoms with Gasteiger partial charge in [0, 0.05) is 19.5 Å². The molecule has 2 aromatic carbocycles. The highest BCUT2D eigenvalue weighted by atomic mass is 19.4. The fourth-order valence-corrected chi connectivity index (χ4v) is 3.21. The molecular formula is C20H19F3N2O3. The molecule has 0 saturated carbocycles. The largest absolute Gasteiger partial charge is 0.507 e. The molecule has 1 fully saturated rings. The summed E-state index contributed by atoms with van der Waals surface area (Å²) in [5, 5.41) is 12.3. The molecule has 1 saturated heterocycles. The van der Waals surface area contributed by atoms with Crippen molar-refractivity contribution in [2.45, 2.75) is 32.1 Å². The van der Waals surface area contributed by atoms with Crippen LogP contribution in [-0.4, -0.2) is 34.4 Å². The molecule has 3 rings (SSSR count). The van der Waals surface area contributed by atoms with E-state index >= 15 is 0 Å². The lowest BCUT2D eigenvalue weighted by atomic mass is 10.1. The Morgan fingerprint density at radius 2 is 2.00 bits per heavy atom. The molecule has 0 aromatic heterocycles. The van der Waals surface area contributed by atoms with Crippen LogP contribution >= 0.6 is 0 Å². The maximum atomic E-state index is 12.8. The quantitative estimate of drug-likeness (QED) is 0.839. The monoisotopic (exact) mass is 392 g/mol. The molecule has 0 radical (unpaired) electrons. The number of benzene rings is 2. The van der Waals surface area contributed by atoms with E-state index < -0.39 is 35.0 Å². The summed E-state index contributed by atoms with van der Waals surface area (Å²) >= 11 is 0. The minimum atomic E-state index is -4.63. The molecule has 1 aliphatic rings. The lowest BCUT2D eigenvalue weighted by Crippen LogP contribution is -2.37. The number of aromatic hydroxyl groups is 1. The summed E-state index contributed by atoms with van der Waals surface area (Å²) in [4.78, 5) is 26.2. The Labute approximate surface area is 159 Å². The predicted octanol–water partition coefficient (Wildman–Crippen LogP) is 3.25. The second-order valence-electron chi connectivity index (χ2n) is 6.87.